The van der Waals surface area contributed by atoms with Crippen LogP contribution in [0, 0.1) is 0 Å². The fourth-order valence-corrected chi connectivity index (χ4v) is 1.80. The second kappa shape index (κ2) is 3.98. The van der Waals surface area contributed by atoms with Crippen LogP contribution in [0.3, 0.4) is 0 Å². The molecule has 1 atom stereocenters. The van der Waals surface area contributed by atoms with Gasteiger partial charge in [-0.1, -0.05) is 0 Å². The zero-order valence-electron chi connectivity index (χ0n) is 8.91. The summed E-state index contributed by atoms with van der Waals surface area (Å²) in [7, 11) is 3.19. The van der Waals surface area contributed by atoms with Crippen LogP contribution in [0.25, 0.3) is 0 Å². The van der Waals surface area contributed by atoms with Gasteiger partial charge in [0.15, 0.2) is 0 Å². The van der Waals surface area contributed by atoms with E-state index in [9.17, 15) is 5.11 Å². The first kappa shape index (κ1) is 10.1. The summed E-state index contributed by atoms with van der Waals surface area (Å²) in [5.74, 6) is 1.50. The standard InChI is InChI=1S/C11H15NO3/c1-14-9-5-7(13)6-10(15-2)11(9)8-3-4-12-8/h5-6,8,12-13H,3-4H2,1-2H3/t8-/m1/s1. The molecule has 1 heterocycles. The third kappa shape index (κ3) is 1.72. The Kier molecular flexibility index (Phi) is 2.68. The van der Waals surface area contributed by atoms with Crippen LogP contribution in [-0.2, 0) is 0 Å². The van der Waals surface area contributed by atoms with Crippen molar-refractivity contribution in [2.24, 2.45) is 0 Å². The largest absolute Gasteiger partial charge is 0.508 e. The van der Waals surface area contributed by atoms with Gasteiger partial charge in [0.05, 0.1) is 19.8 Å². The Morgan fingerprint density at radius 3 is 2.13 bits per heavy atom. The molecule has 1 aromatic rings. The Balaban J connectivity index is 2.46. The lowest BCUT2D eigenvalue weighted by molar-refractivity contribution is 0.327. The van der Waals surface area contributed by atoms with Crippen LogP contribution < -0.4 is 14.8 Å². The molecule has 1 saturated heterocycles. The van der Waals surface area contributed by atoms with E-state index in [2.05, 4.69) is 5.32 Å². The van der Waals surface area contributed by atoms with E-state index in [1.165, 1.54) is 0 Å². The summed E-state index contributed by atoms with van der Waals surface area (Å²) in [6.45, 7) is 1.01. The fraction of sp³-hybridized carbons (Fsp3) is 0.455. The topological polar surface area (TPSA) is 50.7 Å². The minimum Gasteiger partial charge on any atom is -0.508 e. The molecule has 2 rings (SSSR count). The molecule has 0 radical (unpaired) electrons. The zero-order valence-corrected chi connectivity index (χ0v) is 8.91. The molecule has 0 saturated carbocycles. The van der Waals surface area contributed by atoms with Gasteiger partial charge >= 0.3 is 0 Å². The number of phenolic OH excluding ortho intramolecular Hbond substituents is 1. The Hall–Kier alpha value is -1.42. The summed E-state index contributed by atoms with van der Waals surface area (Å²) >= 11 is 0. The van der Waals surface area contributed by atoms with Crippen molar-refractivity contribution >= 4 is 0 Å². The van der Waals surface area contributed by atoms with Gasteiger partial charge in [-0.2, -0.15) is 0 Å². The predicted octanol–water partition coefficient (Wildman–Crippen LogP) is 1.44. The second-order valence-electron chi connectivity index (χ2n) is 3.56. The van der Waals surface area contributed by atoms with Crippen molar-refractivity contribution in [2.75, 3.05) is 20.8 Å². The van der Waals surface area contributed by atoms with Crippen LogP contribution in [0.4, 0.5) is 0 Å². The van der Waals surface area contributed by atoms with Gasteiger partial charge in [0.25, 0.3) is 0 Å². The number of hydrogen-bond acceptors (Lipinski definition) is 4. The van der Waals surface area contributed by atoms with Crippen LogP contribution in [0.5, 0.6) is 17.2 Å². The first-order valence-corrected chi connectivity index (χ1v) is 4.94. The molecule has 1 fully saturated rings. The lowest BCUT2D eigenvalue weighted by atomic mass is 9.96. The summed E-state index contributed by atoms with van der Waals surface area (Å²) < 4.78 is 10.5. The van der Waals surface area contributed by atoms with Crippen molar-refractivity contribution in [3.05, 3.63) is 17.7 Å². The quantitative estimate of drug-likeness (QED) is 0.791. The van der Waals surface area contributed by atoms with E-state index in [1.807, 2.05) is 0 Å². The summed E-state index contributed by atoms with van der Waals surface area (Å²) in [4.78, 5) is 0. The van der Waals surface area contributed by atoms with Gasteiger partial charge < -0.3 is 19.9 Å². The van der Waals surface area contributed by atoms with E-state index in [4.69, 9.17) is 9.47 Å². The molecule has 0 aromatic heterocycles. The maximum Gasteiger partial charge on any atom is 0.131 e. The fourth-order valence-electron chi connectivity index (χ4n) is 1.80. The Labute approximate surface area is 88.8 Å². The smallest absolute Gasteiger partial charge is 0.131 e. The average Bonchev–Trinajstić information content (AvgIpc) is 2.17. The third-order valence-corrected chi connectivity index (χ3v) is 2.70. The zero-order chi connectivity index (χ0) is 10.8. The lowest BCUT2D eigenvalue weighted by Gasteiger charge is -2.30. The molecule has 2 N–H and O–H groups in total. The SMILES string of the molecule is COc1cc(O)cc(OC)c1[C@H]1CCN1. The molecule has 1 aromatic carbocycles. The number of nitrogens with one attached hydrogen (secondary N) is 1. The summed E-state index contributed by atoms with van der Waals surface area (Å²) in [6.07, 6.45) is 1.07. The summed E-state index contributed by atoms with van der Waals surface area (Å²) in [5, 5.41) is 12.8. The number of rotatable bonds is 3. The predicted molar refractivity (Wildman–Crippen MR) is 56.6 cm³/mol. The monoisotopic (exact) mass is 209 g/mol. The molecule has 4 nitrogen and oxygen atoms in total. The minimum absolute atomic E-state index is 0.159. The molecule has 1 aliphatic heterocycles. The summed E-state index contributed by atoms with van der Waals surface area (Å²) in [5.41, 5.74) is 0.990. The molecule has 0 amide bonds. The number of ether oxygens (including phenoxy) is 2. The van der Waals surface area contributed by atoms with Gasteiger partial charge in [-0.05, 0) is 13.0 Å². The van der Waals surface area contributed by atoms with Crippen LogP contribution >= 0.6 is 0 Å². The van der Waals surface area contributed by atoms with Gasteiger partial charge in [-0.15, -0.1) is 0 Å². The van der Waals surface area contributed by atoms with Gasteiger partial charge in [0, 0.05) is 18.2 Å². The number of hydrogen-bond donors (Lipinski definition) is 2. The van der Waals surface area contributed by atoms with Crippen molar-refractivity contribution in [1.29, 1.82) is 0 Å². The van der Waals surface area contributed by atoms with E-state index in [-0.39, 0.29) is 11.8 Å². The van der Waals surface area contributed by atoms with Crippen molar-refractivity contribution in [3.8, 4) is 17.2 Å². The number of aromatic hydroxyl groups is 1. The molecule has 0 aliphatic carbocycles. The van der Waals surface area contributed by atoms with Crippen molar-refractivity contribution in [2.45, 2.75) is 12.5 Å². The van der Waals surface area contributed by atoms with Crippen LogP contribution in [-0.4, -0.2) is 25.9 Å². The highest BCUT2D eigenvalue weighted by Crippen LogP contribution is 2.40. The molecule has 4 heteroatoms. The molecule has 0 unspecified atom stereocenters. The summed E-state index contributed by atoms with van der Waals surface area (Å²) in [6, 6.07) is 3.49. The van der Waals surface area contributed by atoms with E-state index in [1.54, 1.807) is 26.4 Å². The van der Waals surface area contributed by atoms with Gasteiger partial charge in [-0.25, -0.2) is 0 Å². The average molecular weight is 209 g/mol. The second-order valence-corrected chi connectivity index (χ2v) is 3.56. The highest BCUT2D eigenvalue weighted by atomic mass is 16.5. The first-order valence-electron chi connectivity index (χ1n) is 4.94. The maximum atomic E-state index is 9.47. The number of phenols is 1. The lowest BCUT2D eigenvalue weighted by Crippen LogP contribution is -2.35. The molecular formula is C11H15NO3. The Morgan fingerprint density at radius 1 is 1.27 bits per heavy atom. The highest BCUT2D eigenvalue weighted by molar-refractivity contribution is 5.52. The third-order valence-electron chi connectivity index (χ3n) is 2.70. The molecule has 82 valence electrons. The molecule has 0 spiro atoms. The van der Waals surface area contributed by atoms with Crippen molar-refractivity contribution in [3.63, 3.8) is 0 Å². The molecule has 1 aliphatic rings. The number of methoxy groups -OCH3 is 2. The highest BCUT2D eigenvalue weighted by Gasteiger charge is 2.26. The van der Waals surface area contributed by atoms with E-state index in [0.717, 1.165) is 18.5 Å². The van der Waals surface area contributed by atoms with Gasteiger partial charge in [0.1, 0.15) is 17.2 Å². The van der Waals surface area contributed by atoms with E-state index >= 15 is 0 Å². The van der Waals surface area contributed by atoms with Crippen molar-refractivity contribution < 1.29 is 14.6 Å². The molecular weight excluding hydrogens is 194 g/mol. The normalized spacial score (nSPS) is 19.5. The van der Waals surface area contributed by atoms with Crippen LogP contribution in [0.2, 0.25) is 0 Å². The van der Waals surface area contributed by atoms with Crippen LogP contribution in [0.15, 0.2) is 12.1 Å². The van der Waals surface area contributed by atoms with E-state index in [0.29, 0.717) is 11.5 Å². The molecule has 15 heavy (non-hydrogen) atoms. The Bertz CT molecular complexity index is 336. The first-order chi connectivity index (χ1) is 7.26. The minimum atomic E-state index is 0.159. The Morgan fingerprint density at radius 2 is 1.80 bits per heavy atom. The van der Waals surface area contributed by atoms with Gasteiger partial charge in [0.2, 0.25) is 0 Å². The maximum absolute atomic E-state index is 9.47. The van der Waals surface area contributed by atoms with Crippen LogP contribution in [0.1, 0.15) is 18.0 Å². The number of benzene rings is 1. The van der Waals surface area contributed by atoms with Crippen molar-refractivity contribution in [1.82, 2.24) is 5.32 Å². The van der Waals surface area contributed by atoms with E-state index < -0.39 is 0 Å². The van der Waals surface area contributed by atoms with Gasteiger partial charge in [-0.3, -0.25) is 0 Å². The molecule has 0 bridgehead atoms.